The van der Waals surface area contributed by atoms with Gasteiger partial charge in [0.15, 0.2) is 0 Å². The Kier molecular flexibility index (Phi) is 5.05. The maximum Gasteiger partial charge on any atom is 0.260 e. The Morgan fingerprint density at radius 3 is 2.68 bits per heavy atom. The van der Waals surface area contributed by atoms with Gasteiger partial charge >= 0.3 is 0 Å². The second kappa shape index (κ2) is 7.40. The maximum atomic E-state index is 12.6. The first-order chi connectivity index (χ1) is 12.1. The molecular weight excluding hydrogens is 338 g/mol. The van der Waals surface area contributed by atoms with Crippen LogP contribution in [0.2, 0.25) is 5.15 Å². The van der Waals surface area contributed by atoms with Gasteiger partial charge in [0.25, 0.3) is 5.91 Å². The predicted octanol–water partition coefficient (Wildman–Crippen LogP) is 4.15. The summed E-state index contributed by atoms with van der Waals surface area (Å²) < 4.78 is 6.80. The lowest BCUT2D eigenvalue weighted by Crippen LogP contribution is -2.13. The number of nitrogens with zero attached hydrogens (tertiary/aromatic N) is 2. The largest absolute Gasteiger partial charge is 0.497 e. The molecule has 1 heterocycles. The van der Waals surface area contributed by atoms with Gasteiger partial charge < -0.3 is 10.1 Å². The van der Waals surface area contributed by atoms with Crippen LogP contribution in [0.4, 0.5) is 5.69 Å². The second-order valence-corrected chi connectivity index (χ2v) is 5.94. The van der Waals surface area contributed by atoms with Gasteiger partial charge in [-0.15, -0.1) is 0 Å². The highest BCUT2D eigenvalue weighted by Gasteiger charge is 2.20. The van der Waals surface area contributed by atoms with E-state index in [9.17, 15) is 4.79 Å². The summed E-state index contributed by atoms with van der Waals surface area (Å²) in [6.45, 7) is 2.28. The Balaban J connectivity index is 1.83. The molecule has 128 valence electrons. The molecule has 3 aromatic rings. The Labute approximate surface area is 151 Å². The van der Waals surface area contributed by atoms with Crippen molar-refractivity contribution in [1.29, 1.82) is 0 Å². The Bertz CT molecular complexity index is 891. The number of anilines is 1. The van der Waals surface area contributed by atoms with Crippen LogP contribution >= 0.6 is 11.6 Å². The van der Waals surface area contributed by atoms with E-state index in [1.807, 2.05) is 42.5 Å². The molecule has 5 nitrogen and oxygen atoms in total. The minimum Gasteiger partial charge on any atom is -0.497 e. The number of ether oxygens (including phenoxy) is 1. The third-order valence-corrected chi connectivity index (χ3v) is 4.18. The molecule has 0 bridgehead atoms. The highest BCUT2D eigenvalue weighted by atomic mass is 35.5. The fraction of sp³-hybridized carbons (Fsp3) is 0.158. The maximum absolute atomic E-state index is 12.6. The molecule has 25 heavy (non-hydrogen) atoms. The molecule has 2 aromatic carbocycles. The first kappa shape index (κ1) is 17.0. The van der Waals surface area contributed by atoms with Gasteiger partial charge in [-0.25, -0.2) is 4.68 Å². The number of aryl methyl sites for hydroxylation is 1. The standard InChI is InChI=1S/C19H18ClN3O2/c1-13-17(19(24)21-15-9-6-10-16(11-15)25-2)18(20)23(22-13)12-14-7-4-3-5-8-14/h3-11H,12H2,1-2H3,(H,21,24). The summed E-state index contributed by atoms with van der Waals surface area (Å²) in [5.41, 5.74) is 2.66. The first-order valence-electron chi connectivity index (χ1n) is 7.80. The van der Waals surface area contributed by atoms with Crippen LogP contribution in [0.1, 0.15) is 21.6 Å². The predicted molar refractivity (Wildman–Crippen MR) is 98.5 cm³/mol. The lowest BCUT2D eigenvalue weighted by molar-refractivity contribution is 0.102. The fourth-order valence-electron chi connectivity index (χ4n) is 2.57. The molecule has 1 aromatic heterocycles. The molecule has 3 rings (SSSR count). The number of halogens is 1. The van der Waals surface area contributed by atoms with Crippen LogP contribution in [-0.2, 0) is 6.54 Å². The quantitative estimate of drug-likeness (QED) is 0.747. The topological polar surface area (TPSA) is 56.1 Å². The summed E-state index contributed by atoms with van der Waals surface area (Å²) >= 11 is 6.41. The van der Waals surface area contributed by atoms with Crippen molar-refractivity contribution in [2.24, 2.45) is 0 Å². The van der Waals surface area contributed by atoms with Gasteiger partial charge in [-0.1, -0.05) is 48.0 Å². The molecule has 0 aliphatic carbocycles. The van der Waals surface area contributed by atoms with E-state index in [2.05, 4.69) is 10.4 Å². The number of hydrogen-bond acceptors (Lipinski definition) is 3. The molecular formula is C19H18ClN3O2. The zero-order valence-corrected chi connectivity index (χ0v) is 14.7. The average Bonchev–Trinajstić information content (AvgIpc) is 2.89. The highest BCUT2D eigenvalue weighted by Crippen LogP contribution is 2.23. The molecule has 0 saturated heterocycles. The van der Waals surface area contributed by atoms with Crippen molar-refractivity contribution in [3.8, 4) is 5.75 Å². The number of carbonyl (C=O) groups is 1. The van der Waals surface area contributed by atoms with Crippen molar-refractivity contribution in [3.05, 3.63) is 76.6 Å². The molecule has 0 unspecified atom stereocenters. The number of carbonyl (C=O) groups excluding carboxylic acids is 1. The molecule has 6 heteroatoms. The van der Waals surface area contributed by atoms with Crippen LogP contribution in [0.25, 0.3) is 0 Å². The van der Waals surface area contributed by atoms with Gasteiger partial charge in [0.1, 0.15) is 10.9 Å². The summed E-state index contributed by atoms with van der Waals surface area (Å²) in [5, 5.41) is 7.56. The van der Waals surface area contributed by atoms with Crippen LogP contribution in [0.3, 0.4) is 0 Å². The number of methoxy groups -OCH3 is 1. The van der Waals surface area contributed by atoms with Crippen LogP contribution in [0.5, 0.6) is 5.75 Å². The van der Waals surface area contributed by atoms with E-state index in [-0.39, 0.29) is 5.91 Å². The van der Waals surface area contributed by atoms with E-state index in [1.165, 1.54) is 0 Å². The van der Waals surface area contributed by atoms with Gasteiger partial charge in [0.2, 0.25) is 0 Å². The Morgan fingerprint density at radius 1 is 1.20 bits per heavy atom. The molecule has 0 atom stereocenters. The smallest absolute Gasteiger partial charge is 0.260 e. The summed E-state index contributed by atoms with van der Waals surface area (Å²) in [4.78, 5) is 12.6. The van der Waals surface area contributed by atoms with E-state index < -0.39 is 0 Å². The fourth-order valence-corrected chi connectivity index (χ4v) is 2.89. The normalized spacial score (nSPS) is 10.5. The molecule has 0 aliphatic heterocycles. The SMILES string of the molecule is COc1cccc(NC(=O)c2c(C)nn(Cc3ccccc3)c2Cl)c1. The number of amides is 1. The van der Waals surface area contributed by atoms with Crippen LogP contribution in [-0.4, -0.2) is 22.8 Å². The molecule has 1 amide bonds. The third-order valence-electron chi connectivity index (χ3n) is 3.80. The van der Waals surface area contributed by atoms with Crippen molar-refractivity contribution in [2.45, 2.75) is 13.5 Å². The lowest BCUT2D eigenvalue weighted by Gasteiger charge is -2.07. The molecule has 0 aliphatic rings. The molecule has 0 radical (unpaired) electrons. The van der Waals surface area contributed by atoms with E-state index in [4.69, 9.17) is 16.3 Å². The summed E-state index contributed by atoms with van der Waals surface area (Å²) in [6, 6.07) is 17.0. The van der Waals surface area contributed by atoms with E-state index in [1.54, 1.807) is 30.8 Å². The Morgan fingerprint density at radius 2 is 1.96 bits per heavy atom. The monoisotopic (exact) mass is 355 g/mol. The highest BCUT2D eigenvalue weighted by molar-refractivity contribution is 6.33. The number of rotatable bonds is 5. The van der Waals surface area contributed by atoms with Crippen molar-refractivity contribution >= 4 is 23.2 Å². The number of aromatic nitrogens is 2. The van der Waals surface area contributed by atoms with Crippen LogP contribution < -0.4 is 10.1 Å². The van der Waals surface area contributed by atoms with Gasteiger partial charge in [-0.2, -0.15) is 5.10 Å². The third kappa shape index (κ3) is 3.83. The van der Waals surface area contributed by atoms with Crippen molar-refractivity contribution in [3.63, 3.8) is 0 Å². The molecule has 0 fully saturated rings. The van der Waals surface area contributed by atoms with E-state index >= 15 is 0 Å². The summed E-state index contributed by atoms with van der Waals surface area (Å²) in [6.07, 6.45) is 0. The zero-order valence-electron chi connectivity index (χ0n) is 14.0. The number of benzene rings is 2. The lowest BCUT2D eigenvalue weighted by atomic mass is 10.2. The zero-order chi connectivity index (χ0) is 17.8. The molecule has 0 spiro atoms. The van der Waals surface area contributed by atoms with Crippen LogP contribution in [0, 0.1) is 6.92 Å². The van der Waals surface area contributed by atoms with Gasteiger partial charge in [-0.3, -0.25) is 4.79 Å². The van der Waals surface area contributed by atoms with E-state index in [0.717, 1.165) is 5.56 Å². The minimum absolute atomic E-state index is 0.296. The Hall–Kier alpha value is -2.79. The summed E-state index contributed by atoms with van der Waals surface area (Å²) in [5.74, 6) is 0.371. The van der Waals surface area contributed by atoms with Crippen molar-refractivity contribution < 1.29 is 9.53 Å². The van der Waals surface area contributed by atoms with Gasteiger partial charge in [0.05, 0.1) is 24.9 Å². The average molecular weight is 356 g/mol. The minimum atomic E-state index is -0.296. The van der Waals surface area contributed by atoms with Crippen molar-refractivity contribution in [2.75, 3.05) is 12.4 Å². The van der Waals surface area contributed by atoms with E-state index in [0.29, 0.717) is 34.4 Å². The van der Waals surface area contributed by atoms with Crippen molar-refractivity contribution in [1.82, 2.24) is 9.78 Å². The van der Waals surface area contributed by atoms with Crippen LogP contribution in [0.15, 0.2) is 54.6 Å². The molecule has 0 saturated carbocycles. The van der Waals surface area contributed by atoms with Gasteiger partial charge in [-0.05, 0) is 24.6 Å². The van der Waals surface area contributed by atoms with Gasteiger partial charge in [0, 0.05) is 11.8 Å². The number of nitrogens with one attached hydrogen (secondary N) is 1. The number of hydrogen-bond donors (Lipinski definition) is 1. The second-order valence-electron chi connectivity index (χ2n) is 5.58. The first-order valence-corrected chi connectivity index (χ1v) is 8.18. The summed E-state index contributed by atoms with van der Waals surface area (Å²) in [7, 11) is 1.58. The molecule has 1 N–H and O–H groups in total.